The van der Waals surface area contributed by atoms with Gasteiger partial charge in [0.2, 0.25) is 5.91 Å². The third-order valence-electron chi connectivity index (χ3n) is 3.81. The summed E-state index contributed by atoms with van der Waals surface area (Å²) < 4.78 is 1.67. The van der Waals surface area contributed by atoms with Gasteiger partial charge in [-0.2, -0.15) is 0 Å². The van der Waals surface area contributed by atoms with Gasteiger partial charge in [-0.15, -0.1) is 0 Å². The summed E-state index contributed by atoms with van der Waals surface area (Å²) in [6, 6.07) is 11.8. The average molecular weight is 312 g/mol. The van der Waals surface area contributed by atoms with Gasteiger partial charge in [-0.1, -0.05) is 29.8 Å². The number of amides is 1. The molecule has 0 aliphatic rings. The summed E-state index contributed by atoms with van der Waals surface area (Å²) in [5.74, 6) is 0.0572. The number of rotatable bonds is 7. The molecule has 4 heteroatoms. The SMILES string of the molecule is Cc1ccc(CCC(=O)NCCCn2ccc(C)cc2=O)cc1. The van der Waals surface area contributed by atoms with Gasteiger partial charge in [-0.25, -0.2) is 0 Å². The van der Waals surface area contributed by atoms with Crippen LogP contribution in [-0.2, 0) is 17.8 Å². The molecule has 0 saturated carbocycles. The summed E-state index contributed by atoms with van der Waals surface area (Å²) in [5.41, 5.74) is 3.38. The maximum absolute atomic E-state index is 11.8. The summed E-state index contributed by atoms with van der Waals surface area (Å²) in [4.78, 5) is 23.6. The number of hydrogen-bond donors (Lipinski definition) is 1. The van der Waals surface area contributed by atoms with Crippen molar-refractivity contribution < 1.29 is 4.79 Å². The second-order valence-electron chi connectivity index (χ2n) is 5.92. The van der Waals surface area contributed by atoms with Gasteiger partial charge in [-0.05, 0) is 43.9 Å². The average Bonchev–Trinajstić information content (AvgIpc) is 2.52. The molecule has 0 bridgehead atoms. The first-order chi connectivity index (χ1) is 11.0. The van der Waals surface area contributed by atoms with Gasteiger partial charge in [0.25, 0.3) is 5.56 Å². The van der Waals surface area contributed by atoms with Crippen LogP contribution in [0.4, 0.5) is 0 Å². The van der Waals surface area contributed by atoms with Gasteiger partial charge in [0.1, 0.15) is 0 Å². The summed E-state index contributed by atoms with van der Waals surface area (Å²) in [7, 11) is 0. The Morgan fingerprint density at radius 3 is 2.52 bits per heavy atom. The van der Waals surface area contributed by atoms with Crippen LogP contribution in [0.25, 0.3) is 0 Å². The first-order valence-electron chi connectivity index (χ1n) is 8.04. The topological polar surface area (TPSA) is 51.1 Å². The molecule has 1 N–H and O–H groups in total. The van der Waals surface area contributed by atoms with Crippen molar-refractivity contribution in [3.05, 3.63) is 69.6 Å². The van der Waals surface area contributed by atoms with Crippen LogP contribution in [-0.4, -0.2) is 17.0 Å². The zero-order valence-corrected chi connectivity index (χ0v) is 13.8. The largest absolute Gasteiger partial charge is 0.356 e. The summed E-state index contributed by atoms with van der Waals surface area (Å²) in [6.45, 7) is 5.17. The van der Waals surface area contributed by atoms with Crippen molar-refractivity contribution in [2.75, 3.05) is 6.54 Å². The van der Waals surface area contributed by atoms with Gasteiger partial charge in [0.05, 0.1) is 0 Å². The van der Waals surface area contributed by atoms with E-state index in [1.54, 1.807) is 16.8 Å². The number of carbonyl (C=O) groups excluding carboxylic acids is 1. The van der Waals surface area contributed by atoms with E-state index in [0.29, 0.717) is 19.5 Å². The molecule has 4 nitrogen and oxygen atoms in total. The van der Waals surface area contributed by atoms with Crippen molar-refractivity contribution in [2.45, 2.75) is 39.7 Å². The first kappa shape index (κ1) is 17.0. The Morgan fingerprint density at radius 2 is 1.83 bits per heavy atom. The van der Waals surface area contributed by atoms with E-state index in [1.807, 2.05) is 13.0 Å². The highest BCUT2D eigenvalue weighted by molar-refractivity contribution is 5.76. The minimum absolute atomic E-state index is 0.00991. The quantitative estimate of drug-likeness (QED) is 0.799. The zero-order chi connectivity index (χ0) is 16.7. The Labute approximate surface area is 137 Å². The van der Waals surface area contributed by atoms with Crippen LogP contribution < -0.4 is 10.9 Å². The summed E-state index contributed by atoms with van der Waals surface area (Å²) >= 11 is 0. The molecule has 0 radical (unpaired) electrons. The number of nitrogens with one attached hydrogen (secondary N) is 1. The van der Waals surface area contributed by atoms with E-state index in [1.165, 1.54) is 11.1 Å². The Bertz CT molecular complexity index is 702. The smallest absolute Gasteiger partial charge is 0.250 e. The molecule has 0 spiro atoms. The lowest BCUT2D eigenvalue weighted by Gasteiger charge is -2.08. The van der Waals surface area contributed by atoms with Crippen LogP contribution >= 0.6 is 0 Å². The first-order valence-corrected chi connectivity index (χ1v) is 8.04. The second kappa shape index (κ2) is 8.32. The van der Waals surface area contributed by atoms with E-state index in [-0.39, 0.29) is 11.5 Å². The Hall–Kier alpha value is -2.36. The van der Waals surface area contributed by atoms with Crippen molar-refractivity contribution >= 4 is 5.91 Å². The molecule has 1 amide bonds. The fraction of sp³-hybridized carbons (Fsp3) is 0.368. The number of pyridine rings is 1. The number of aryl methyl sites for hydroxylation is 4. The number of nitrogens with zero attached hydrogens (tertiary/aromatic N) is 1. The number of hydrogen-bond acceptors (Lipinski definition) is 2. The number of carbonyl (C=O) groups is 1. The minimum Gasteiger partial charge on any atom is -0.356 e. The van der Waals surface area contributed by atoms with E-state index in [9.17, 15) is 9.59 Å². The number of benzene rings is 1. The van der Waals surface area contributed by atoms with Gasteiger partial charge >= 0.3 is 0 Å². The van der Waals surface area contributed by atoms with E-state index < -0.39 is 0 Å². The highest BCUT2D eigenvalue weighted by Crippen LogP contribution is 2.05. The molecular formula is C19H24N2O2. The number of aromatic nitrogens is 1. The van der Waals surface area contributed by atoms with Crippen molar-refractivity contribution in [2.24, 2.45) is 0 Å². The third-order valence-corrected chi connectivity index (χ3v) is 3.81. The van der Waals surface area contributed by atoms with E-state index in [2.05, 4.69) is 36.5 Å². The highest BCUT2D eigenvalue weighted by atomic mass is 16.1. The molecule has 0 aliphatic carbocycles. The van der Waals surface area contributed by atoms with E-state index in [0.717, 1.165) is 18.4 Å². The standard InChI is InChI=1S/C19H24N2O2/c1-15-4-6-17(7-5-15)8-9-18(22)20-11-3-12-21-13-10-16(2)14-19(21)23/h4-7,10,13-14H,3,8-9,11-12H2,1-2H3,(H,20,22). The summed E-state index contributed by atoms with van der Waals surface area (Å²) in [5, 5.41) is 2.91. The maximum Gasteiger partial charge on any atom is 0.250 e. The minimum atomic E-state index is 0.00991. The Balaban J connectivity index is 1.66. The monoisotopic (exact) mass is 312 g/mol. The van der Waals surface area contributed by atoms with Gasteiger partial charge in [-0.3, -0.25) is 9.59 Å². The molecular weight excluding hydrogens is 288 g/mol. The van der Waals surface area contributed by atoms with Gasteiger partial charge < -0.3 is 9.88 Å². The highest BCUT2D eigenvalue weighted by Gasteiger charge is 2.02. The molecule has 0 unspecified atom stereocenters. The second-order valence-corrected chi connectivity index (χ2v) is 5.92. The molecule has 23 heavy (non-hydrogen) atoms. The summed E-state index contributed by atoms with van der Waals surface area (Å²) in [6.07, 6.45) is 3.80. The van der Waals surface area contributed by atoms with Crippen LogP contribution in [0.5, 0.6) is 0 Å². The molecule has 2 aromatic rings. The van der Waals surface area contributed by atoms with Crippen molar-refractivity contribution in [1.82, 2.24) is 9.88 Å². The van der Waals surface area contributed by atoms with E-state index >= 15 is 0 Å². The molecule has 0 aliphatic heterocycles. The molecule has 2 rings (SSSR count). The molecule has 1 aromatic heterocycles. The van der Waals surface area contributed by atoms with Crippen LogP contribution in [0, 0.1) is 13.8 Å². The van der Waals surface area contributed by atoms with Crippen molar-refractivity contribution in [3.8, 4) is 0 Å². The van der Waals surface area contributed by atoms with Crippen LogP contribution in [0.3, 0.4) is 0 Å². The molecule has 1 aromatic carbocycles. The molecule has 0 fully saturated rings. The molecule has 0 saturated heterocycles. The zero-order valence-electron chi connectivity index (χ0n) is 13.8. The lowest BCUT2D eigenvalue weighted by Crippen LogP contribution is -2.27. The Morgan fingerprint density at radius 1 is 1.09 bits per heavy atom. The lowest BCUT2D eigenvalue weighted by molar-refractivity contribution is -0.121. The normalized spacial score (nSPS) is 10.5. The van der Waals surface area contributed by atoms with E-state index in [4.69, 9.17) is 0 Å². The predicted molar refractivity (Wildman–Crippen MR) is 92.6 cm³/mol. The van der Waals surface area contributed by atoms with Crippen LogP contribution in [0.15, 0.2) is 47.4 Å². The predicted octanol–water partition coefficient (Wildman–Crippen LogP) is 2.60. The molecule has 122 valence electrons. The fourth-order valence-corrected chi connectivity index (χ4v) is 2.37. The van der Waals surface area contributed by atoms with Crippen molar-refractivity contribution in [3.63, 3.8) is 0 Å². The van der Waals surface area contributed by atoms with Gasteiger partial charge in [0.15, 0.2) is 0 Å². The maximum atomic E-state index is 11.8. The fourth-order valence-electron chi connectivity index (χ4n) is 2.37. The van der Waals surface area contributed by atoms with Crippen LogP contribution in [0.2, 0.25) is 0 Å². The van der Waals surface area contributed by atoms with Gasteiger partial charge in [0, 0.05) is 31.8 Å². The van der Waals surface area contributed by atoms with Crippen LogP contribution in [0.1, 0.15) is 29.5 Å². The molecule has 1 heterocycles. The van der Waals surface area contributed by atoms with Crippen molar-refractivity contribution in [1.29, 1.82) is 0 Å². The molecule has 0 atom stereocenters. The lowest BCUT2D eigenvalue weighted by atomic mass is 10.1. The Kier molecular flexibility index (Phi) is 6.15. The third kappa shape index (κ3) is 5.74.